The van der Waals surface area contributed by atoms with E-state index in [0.29, 0.717) is 22.6 Å². The lowest BCUT2D eigenvalue weighted by Crippen LogP contribution is -2.21. The van der Waals surface area contributed by atoms with Gasteiger partial charge in [0, 0.05) is 20.7 Å². The third-order valence-corrected chi connectivity index (χ3v) is 5.75. The highest BCUT2D eigenvalue weighted by Crippen LogP contribution is 2.35. The first-order valence-electron chi connectivity index (χ1n) is 10.6. The predicted octanol–water partition coefficient (Wildman–Crippen LogP) is 6.01. The first-order valence-corrected chi connectivity index (χ1v) is 11.7. The molecule has 3 aromatic rings. The molecule has 2 amide bonds. The van der Waals surface area contributed by atoms with Crippen LogP contribution in [0.15, 0.2) is 78.9 Å². The number of para-hydroxylation sites is 2. The summed E-state index contributed by atoms with van der Waals surface area (Å²) < 4.78 is 6.59. The van der Waals surface area contributed by atoms with Gasteiger partial charge in [0.25, 0.3) is 0 Å². The van der Waals surface area contributed by atoms with Crippen LogP contribution in [-0.4, -0.2) is 17.1 Å². The summed E-state index contributed by atoms with van der Waals surface area (Å²) in [6.45, 7) is 3.75. The molecule has 0 bridgehead atoms. The van der Waals surface area contributed by atoms with Crippen molar-refractivity contribution in [1.29, 1.82) is 0 Å². The van der Waals surface area contributed by atoms with Gasteiger partial charge in [0.2, 0.25) is 5.91 Å². The van der Waals surface area contributed by atoms with Crippen LogP contribution >= 0.6 is 22.6 Å². The molecule has 34 heavy (non-hydrogen) atoms. The molecule has 0 aliphatic heterocycles. The Morgan fingerprint density at radius 2 is 1.76 bits per heavy atom. The SMILES string of the molecule is Cc1ccc(NC(=O)O[C@H](c2cc(I)ccc2O)[C@H](C)/C=C/C(=O)Nc2ccccc2N)cc1. The molecule has 3 rings (SSSR count). The molecule has 5 N–H and O–H groups in total. The molecular weight excluding hydrogens is 545 g/mol. The largest absolute Gasteiger partial charge is 0.508 e. The second-order valence-electron chi connectivity index (χ2n) is 7.81. The van der Waals surface area contributed by atoms with Crippen molar-refractivity contribution in [2.24, 2.45) is 5.92 Å². The molecule has 0 radical (unpaired) electrons. The Labute approximate surface area is 212 Å². The first kappa shape index (κ1) is 25.1. The molecule has 8 heteroatoms. The molecule has 3 aromatic carbocycles. The minimum absolute atomic E-state index is 0.00434. The highest BCUT2D eigenvalue weighted by atomic mass is 127. The zero-order chi connectivity index (χ0) is 24.7. The Kier molecular flexibility index (Phi) is 8.53. The summed E-state index contributed by atoms with van der Waals surface area (Å²) in [5, 5.41) is 15.9. The summed E-state index contributed by atoms with van der Waals surface area (Å²) in [6.07, 6.45) is 1.47. The van der Waals surface area contributed by atoms with Crippen LogP contribution in [0.4, 0.5) is 21.9 Å². The molecule has 0 fully saturated rings. The average molecular weight is 571 g/mol. The normalized spacial score (nSPS) is 12.7. The van der Waals surface area contributed by atoms with Crippen molar-refractivity contribution in [1.82, 2.24) is 0 Å². The van der Waals surface area contributed by atoms with Crippen molar-refractivity contribution in [3.63, 3.8) is 0 Å². The molecule has 176 valence electrons. The van der Waals surface area contributed by atoms with Crippen molar-refractivity contribution >= 4 is 51.7 Å². The Bertz CT molecular complexity index is 1190. The molecule has 2 atom stereocenters. The van der Waals surface area contributed by atoms with Crippen LogP contribution in [-0.2, 0) is 9.53 Å². The van der Waals surface area contributed by atoms with E-state index < -0.39 is 18.1 Å². The molecule has 0 spiro atoms. The van der Waals surface area contributed by atoms with Gasteiger partial charge in [0.15, 0.2) is 0 Å². The third kappa shape index (κ3) is 6.98. The van der Waals surface area contributed by atoms with Crippen molar-refractivity contribution < 1.29 is 19.4 Å². The standard InChI is InChI=1S/C26H26IN3O4/c1-16-7-11-19(12-8-16)29-26(33)34-25(20-15-18(27)10-13-23(20)31)17(2)9-14-24(32)30-22-6-4-3-5-21(22)28/h3-15,17,25,31H,28H2,1-2H3,(H,29,33)(H,30,32)/b14-9+/t17-,25+/m1/s1. The van der Waals surface area contributed by atoms with E-state index in [1.54, 1.807) is 67.6 Å². The predicted molar refractivity (Wildman–Crippen MR) is 143 cm³/mol. The van der Waals surface area contributed by atoms with Crippen LogP contribution in [0, 0.1) is 16.4 Å². The number of carbonyl (C=O) groups excluding carboxylic acids is 2. The van der Waals surface area contributed by atoms with E-state index >= 15 is 0 Å². The molecular formula is C26H26IN3O4. The summed E-state index contributed by atoms with van der Waals surface area (Å²) in [7, 11) is 0. The quantitative estimate of drug-likeness (QED) is 0.158. The number of nitrogens with one attached hydrogen (secondary N) is 2. The van der Waals surface area contributed by atoms with Gasteiger partial charge in [-0.2, -0.15) is 0 Å². The monoisotopic (exact) mass is 571 g/mol. The average Bonchev–Trinajstić information content (AvgIpc) is 2.80. The number of carbonyl (C=O) groups is 2. The highest BCUT2D eigenvalue weighted by molar-refractivity contribution is 14.1. The number of rotatable bonds is 7. The van der Waals surface area contributed by atoms with Gasteiger partial charge in [-0.25, -0.2) is 4.79 Å². The van der Waals surface area contributed by atoms with Crippen LogP contribution < -0.4 is 16.4 Å². The van der Waals surface area contributed by atoms with Crippen molar-refractivity contribution in [3.05, 3.63) is 93.6 Å². The molecule has 0 unspecified atom stereocenters. The zero-order valence-corrected chi connectivity index (χ0v) is 20.9. The van der Waals surface area contributed by atoms with Gasteiger partial charge >= 0.3 is 6.09 Å². The van der Waals surface area contributed by atoms with Crippen LogP contribution in [0.2, 0.25) is 0 Å². The van der Waals surface area contributed by atoms with Gasteiger partial charge in [0.1, 0.15) is 11.9 Å². The zero-order valence-electron chi connectivity index (χ0n) is 18.8. The van der Waals surface area contributed by atoms with Crippen LogP contribution in [0.5, 0.6) is 5.75 Å². The maximum atomic E-state index is 12.7. The summed E-state index contributed by atoms with van der Waals surface area (Å²) in [4.78, 5) is 25.1. The Morgan fingerprint density at radius 3 is 2.47 bits per heavy atom. The Morgan fingerprint density at radius 1 is 1.06 bits per heavy atom. The minimum atomic E-state index is -0.842. The second kappa shape index (κ2) is 11.6. The van der Waals surface area contributed by atoms with E-state index in [9.17, 15) is 14.7 Å². The third-order valence-electron chi connectivity index (χ3n) is 5.08. The van der Waals surface area contributed by atoms with Gasteiger partial charge in [0.05, 0.1) is 11.4 Å². The van der Waals surface area contributed by atoms with E-state index in [1.807, 2.05) is 19.1 Å². The number of halogens is 1. The number of aromatic hydroxyl groups is 1. The fourth-order valence-corrected chi connectivity index (χ4v) is 3.75. The maximum Gasteiger partial charge on any atom is 0.412 e. The fourth-order valence-electron chi connectivity index (χ4n) is 3.23. The van der Waals surface area contributed by atoms with Gasteiger partial charge < -0.3 is 20.9 Å². The second-order valence-corrected chi connectivity index (χ2v) is 9.06. The van der Waals surface area contributed by atoms with Crippen molar-refractivity contribution in [2.45, 2.75) is 20.0 Å². The summed E-state index contributed by atoms with van der Waals surface area (Å²) in [5.41, 5.74) is 8.93. The lowest BCUT2D eigenvalue weighted by Gasteiger charge is -2.24. The molecule has 7 nitrogen and oxygen atoms in total. The van der Waals surface area contributed by atoms with E-state index in [2.05, 4.69) is 33.2 Å². The van der Waals surface area contributed by atoms with E-state index in [4.69, 9.17) is 10.5 Å². The summed E-state index contributed by atoms with van der Waals surface area (Å²) in [6, 6.07) is 19.3. The number of hydrogen-bond acceptors (Lipinski definition) is 5. The number of hydrogen-bond donors (Lipinski definition) is 4. The number of anilines is 3. The molecule has 0 aliphatic rings. The number of nitrogen functional groups attached to an aromatic ring is 1. The number of phenols is 1. The fraction of sp³-hybridized carbons (Fsp3) is 0.154. The number of phenolic OH excluding ortho intramolecular Hbond substituents is 1. The summed E-state index contributed by atoms with van der Waals surface area (Å²) >= 11 is 2.12. The van der Waals surface area contributed by atoms with Gasteiger partial charge in [-0.05, 0) is 78.1 Å². The number of benzene rings is 3. The molecule has 0 heterocycles. The topological polar surface area (TPSA) is 114 Å². The lowest BCUT2D eigenvalue weighted by molar-refractivity contribution is -0.111. The molecule has 0 aliphatic carbocycles. The van der Waals surface area contributed by atoms with E-state index in [0.717, 1.165) is 9.13 Å². The van der Waals surface area contributed by atoms with E-state index in [-0.39, 0.29) is 11.7 Å². The number of amides is 2. The number of nitrogens with two attached hydrogens (primary N) is 1. The molecule has 0 saturated carbocycles. The smallest absolute Gasteiger partial charge is 0.412 e. The van der Waals surface area contributed by atoms with Crippen LogP contribution in [0.3, 0.4) is 0 Å². The van der Waals surface area contributed by atoms with E-state index in [1.165, 1.54) is 6.08 Å². The summed E-state index contributed by atoms with van der Waals surface area (Å²) in [5.74, 6) is -0.818. The van der Waals surface area contributed by atoms with Crippen LogP contribution in [0.25, 0.3) is 0 Å². The Hall–Kier alpha value is -3.53. The molecule has 0 saturated heterocycles. The Balaban J connectivity index is 1.78. The van der Waals surface area contributed by atoms with Gasteiger partial charge in [-0.15, -0.1) is 0 Å². The lowest BCUT2D eigenvalue weighted by atomic mass is 9.96. The van der Waals surface area contributed by atoms with Crippen molar-refractivity contribution in [3.8, 4) is 5.75 Å². The van der Waals surface area contributed by atoms with Crippen molar-refractivity contribution in [2.75, 3.05) is 16.4 Å². The maximum absolute atomic E-state index is 12.7. The van der Waals surface area contributed by atoms with Gasteiger partial charge in [-0.3, -0.25) is 10.1 Å². The van der Waals surface area contributed by atoms with Crippen LogP contribution in [0.1, 0.15) is 24.2 Å². The first-order chi connectivity index (χ1) is 16.2. The number of ether oxygens (including phenoxy) is 1. The van der Waals surface area contributed by atoms with Gasteiger partial charge in [-0.1, -0.05) is 42.8 Å². The number of aryl methyl sites for hydroxylation is 1. The molecule has 0 aromatic heterocycles. The highest BCUT2D eigenvalue weighted by Gasteiger charge is 2.25. The minimum Gasteiger partial charge on any atom is -0.508 e.